The first-order chi connectivity index (χ1) is 8.65. The zero-order chi connectivity index (χ0) is 13.1. The molecule has 0 amide bonds. The Labute approximate surface area is 110 Å². The standard InChI is InChI=1S/C14H26N4/c1-5-9-15-10-13-11(2)16-18(4)14(13)17(3)12-7-6-8-12/h12,15H,5-10H2,1-4H3. The molecule has 18 heavy (non-hydrogen) atoms. The van der Waals surface area contributed by atoms with Crippen molar-refractivity contribution in [3.63, 3.8) is 0 Å². The second kappa shape index (κ2) is 5.74. The van der Waals surface area contributed by atoms with E-state index in [2.05, 4.69) is 43.3 Å². The monoisotopic (exact) mass is 250 g/mol. The van der Waals surface area contributed by atoms with Gasteiger partial charge in [0.05, 0.1) is 5.69 Å². The normalized spacial score (nSPS) is 15.8. The van der Waals surface area contributed by atoms with Gasteiger partial charge in [0.2, 0.25) is 0 Å². The molecule has 102 valence electrons. The first-order valence-corrected chi connectivity index (χ1v) is 7.11. The van der Waals surface area contributed by atoms with Gasteiger partial charge in [-0.2, -0.15) is 5.10 Å². The van der Waals surface area contributed by atoms with Crippen molar-refractivity contribution in [1.82, 2.24) is 15.1 Å². The molecule has 1 saturated carbocycles. The van der Waals surface area contributed by atoms with Crippen LogP contribution in [0.15, 0.2) is 0 Å². The van der Waals surface area contributed by atoms with E-state index in [-0.39, 0.29) is 0 Å². The summed E-state index contributed by atoms with van der Waals surface area (Å²) in [6.07, 6.45) is 5.19. The van der Waals surface area contributed by atoms with Crippen molar-refractivity contribution in [3.8, 4) is 0 Å². The number of nitrogens with zero attached hydrogens (tertiary/aromatic N) is 3. The highest BCUT2D eigenvalue weighted by molar-refractivity contribution is 5.50. The van der Waals surface area contributed by atoms with Gasteiger partial charge < -0.3 is 10.2 Å². The Morgan fingerprint density at radius 1 is 1.44 bits per heavy atom. The number of nitrogens with one attached hydrogen (secondary N) is 1. The summed E-state index contributed by atoms with van der Waals surface area (Å²) in [6, 6.07) is 0.713. The summed E-state index contributed by atoms with van der Waals surface area (Å²) in [6.45, 7) is 6.31. The quantitative estimate of drug-likeness (QED) is 0.786. The van der Waals surface area contributed by atoms with Gasteiger partial charge in [0.1, 0.15) is 5.82 Å². The van der Waals surface area contributed by atoms with Gasteiger partial charge in [-0.1, -0.05) is 6.92 Å². The molecule has 1 aliphatic rings. The summed E-state index contributed by atoms with van der Waals surface area (Å²) in [5.41, 5.74) is 2.52. The molecule has 0 spiro atoms. The van der Waals surface area contributed by atoms with Crippen LogP contribution in [0.1, 0.15) is 43.9 Å². The summed E-state index contributed by atoms with van der Waals surface area (Å²) in [4.78, 5) is 2.42. The topological polar surface area (TPSA) is 33.1 Å². The lowest BCUT2D eigenvalue weighted by molar-refractivity contribution is 0.395. The molecule has 1 aliphatic carbocycles. The molecule has 0 saturated heterocycles. The zero-order valence-corrected chi connectivity index (χ0v) is 12.2. The minimum absolute atomic E-state index is 0.713. The highest BCUT2D eigenvalue weighted by atomic mass is 15.4. The first-order valence-electron chi connectivity index (χ1n) is 7.11. The Hall–Kier alpha value is -1.03. The van der Waals surface area contributed by atoms with Gasteiger partial charge in [0.15, 0.2) is 0 Å². The summed E-state index contributed by atoms with van der Waals surface area (Å²) < 4.78 is 2.04. The summed E-state index contributed by atoms with van der Waals surface area (Å²) in [5.74, 6) is 1.29. The van der Waals surface area contributed by atoms with Crippen molar-refractivity contribution in [2.75, 3.05) is 18.5 Å². The fourth-order valence-electron chi connectivity index (χ4n) is 2.68. The molecule has 1 fully saturated rings. The van der Waals surface area contributed by atoms with Crippen LogP contribution in [-0.2, 0) is 13.6 Å². The number of rotatable bonds is 6. The molecular formula is C14H26N4. The molecule has 0 aliphatic heterocycles. The van der Waals surface area contributed by atoms with Crippen LogP contribution in [-0.4, -0.2) is 29.4 Å². The van der Waals surface area contributed by atoms with E-state index in [9.17, 15) is 0 Å². The molecule has 0 aromatic carbocycles. The Kier molecular flexibility index (Phi) is 4.27. The van der Waals surface area contributed by atoms with Crippen molar-refractivity contribution in [2.45, 2.75) is 52.1 Å². The molecule has 0 bridgehead atoms. The van der Waals surface area contributed by atoms with E-state index in [1.165, 1.54) is 37.1 Å². The molecule has 1 aromatic rings. The molecule has 4 heteroatoms. The Balaban J connectivity index is 2.15. The molecule has 0 unspecified atom stereocenters. The predicted octanol–water partition coefficient (Wildman–Crippen LogP) is 2.22. The van der Waals surface area contributed by atoms with Crippen LogP contribution in [0.2, 0.25) is 0 Å². The van der Waals surface area contributed by atoms with Crippen LogP contribution in [0.25, 0.3) is 0 Å². The van der Waals surface area contributed by atoms with Gasteiger partial charge in [-0.15, -0.1) is 0 Å². The molecule has 2 rings (SSSR count). The van der Waals surface area contributed by atoms with E-state index in [1.54, 1.807) is 0 Å². The van der Waals surface area contributed by atoms with Crippen LogP contribution < -0.4 is 10.2 Å². The van der Waals surface area contributed by atoms with Gasteiger partial charge >= 0.3 is 0 Å². The SMILES string of the molecule is CCCNCc1c(C)nn(C)c1N(C)C1CCC1. The van der Waals surface area contributed by atoms with Crippen molar-refractivity contribution in [1.29, 1.82) is 0 Å². The molecule has 0 radical (unpaired) electrons. The average molecular weight is 250 g/mol. The number of hydrogen-bond acceptors (Lipinski definition) is 3. The van der Waals surface area contributed by atoms with Gasteiger partial charge in [0, 0.05) is 32.2 Å². The number of aromatic nitrogens is 2. The van der Waals surface area contributed by atoms with Crippen LogP contribution in [0.5, 0.6) is 0 Å². The minimum atomic E-state index is 0.713. The van der Waals surface area contributed by atoms with E-state index in [4.69, 9.17) is 0 Å². The van der Waals surface area contributed by atoms with Crippen LogP contribution in [0.3, 0.4) is 0 Å². The summed E-state index contributed by atoms with van der Waals surface area (Å²) in [7, 11) is 4.27. The molecule has 1 aromatic heterocycles. The Morgan fingerprint density at radius 2 is 2.17 bits per heavy atom. The van der Waals surface area contributed by atoms with E-state index >= 15 is 0 Å². The predicted molar refractivity (Wildman–Crippen MR) is 76.0 cm³/mol. The third-order valence-electron chi connectivity index (χ3n) is 4.00. The molecule has 4 nitrogen and oxygen atoms in total. The molecular weight excluding hydrogens is 224 g/mol. The van der Waals surface area contributed by atoms with Crippen LogP contribution >= 0.6 is 0 Å². The van der Waals surface area contributed by atoms with Gasteiger partial charge in [-0.3, -0.25) is 4.68 Å². The lowest BCUT2D eigenvalue weighted by Gasteiger charge is -2.36. The number of anilines is 1. The third-order valence-corrected chi connectivity index (χ3v) is 4.00. The maximum atomic E-state index is 4.59. The molecule has 1 N–H and O–H groups in total. The fourth-order valence-corrected chi connectivity index (χ4v) is 2.68. The third kappa shape index (κ3) is 2.53. The highest BCUT2D eigenvalue weighted by Gasteiger charge is 2.26. The average Bonchev–Trinajstić information content (AvgIpc) is 2.51. The largest absolute Gasteiger partial charge is 0.357 e. The summed E-state index contributed by atoms with van der Waals surface area (Å²) >= 11 is 0. The van der Waals surface area contributed by atoms with E-state index in [0.29, 0.717) is 6.04 Å². The maximum absolute atomic E-state index is 4.59. The number of hydrogen-bond donors (Lipinski definition) is 1. The maximum Gasteiger partial charge on any atom is 0.131 e. The second-order valence-electron chi connectivity index (χ2n) is 5.38. The lowest BCUT2D eigenvalue weighted by atomic mass is 9.91. The molecule has 1 heterocycles. The lowest BCUT2D eigenvalue weighted by Crippen LogP contribution is -2.39. The van der Waals surface area contributed by atoms with E-state index in [1.807, 2.05) is 4.68 Å². The van der Waals surface area contributed by atoms with Gasteiger partial charge in [-0.05, 0) is 39.2 Å². The van der Waals surface area contributed by atoms with Crippen molar-refractivity contribution >= 4 is 5.82 Å². The van der Waals surface area contributed by atoms with Crippen LogP contribution in [0, 0.1) is 6.92 Å². The summed E-state index contributed by atoms with van der Waals surface area (Å²) in [5, 5.41) is 8.08. The smallest absolute Gasteiger partial charge is 0.131 e. The van der Waals surface area contributed by atoms with Crippen molar-refractivity contribution in [3.05, 3.63) is 11.3 Å². The Morgan fingerprint density at radius 3 is 2.72 bits per heavy atom. The zero-order valence-electron chi connectivity index (χ0n) is 12.2. The van der Waals surface area contributed by atoms with Gasteiger partial charge in [-0.25, -0.2) is 0 Å². The van der Waals surface area contributed by atoms with Crippen molar-refractivity contribution < 1.29 is 0 Å². The Bertz CT molecular complexity index is 393. The number of aryl methyl sites for hydroxylation is 2. The van der Waals surface area contributed by atoms with E-state index in [0.717, 1.165) is 18.8 Å². The van der Waals surface area contributed by atoms with Crippen molar-refractivity contribution in [2.24, 2.45) is 7.05 Å². The second-order valence-corrected chi connectivity index (χ2v) is 5.38. The minimum Gasteiger partial charge on any atom is -0.357 e. The fraction of sp³-hybridized carbons (Fsp3) is 0.786. The van der Waals surface area contributed by atoms with Gasteiger partial charge in [0.25, 0.3) is 0 Å². The molecule has 0 atom stereocenters. The van der Waals surface area contributed by atoms with Crippen LogP contribution in [0.4, 0.5) is 5.82 Å². The first kappa shape index (κ1) is 13.4. The van der Waals surface area contributed by atoms with E-state index < -0.39 is 0 Å². The highest BCUT2D eigenvalue weighted by Crippen LogP contribution is 2.31.